The second-order valence-electron chi connectivity index (χ2n) is 8.24. The molecule has 0 amide bonds. The minimum Gasteiger partial charge on any atom is -0.463 e. The van der Waals surface area contributed by atoms with Gasteiger partial charge >= 0.3 is 11.9 Å². The molecule has 0 aromatic carbocycles. The van der Waals surface area contributed by atoms with Crippen molar-refractivity contribution in [3.8, 4) is 0 Å². The molecule has 0 aromatic rings. The van der Waals surface area contributed by atoms with Crippen LogP contribution < -0.4 is 0 Å². The van der Waals surface area contributed by atoms with E-state index in [4.69, 9.17) is 9.47 Å². The molecular formula is C27H50O4. The van der Waals surface area contributed by atoms with Gasteiger partial charge in [-0.2, -0.15) is 0 Å². The summed E-state index contributed by atoms with van der Waals surface area (Å²) in [5.41, 5.74) is 0.486. The van der Waals surface area contributed by atoms with Gasteiger partial charge < -0.3 is 9.47 Å². The van der Waals surface area contributed by atoms with Gasteiger partial charge in [0.1, 0.15) is 0 Å². The number of rotatable bonds is 20. The lowest BCUT2D eigenvalue weighted by atomic mass is 10.1. The van der Waals surface area contributed by atoms with E-state index in [-0.39, 0.29) is 11.9 Å². The molecule has 0 saturated carbocycles. The van der Waals surface area contributed by atoms with Gasteiger partial charge in [-0.3, -0.25) is 0 Å². The average Bonchev–Trinajstić information content (AvgIpc) is 2.76. The molecule has 0 fully saturated rings. The maximum atomic E-state index is 11.0. The van der Waals surface area contributed by atoms with E-state index in [1.165, 1.54) is 83.1 Å². The van der Waals surface area contributed by atoms with E-state index in [0.29, 0.717) is 18.8 Å². The molecule has 0 aliphatic carbocycles. The van der Waals surface area contributed by atoms with Gasteiger partial charge in [0.15, 0.2) is 0 Å². The molecule has 31 heavy (non-hydrogen) atoms. The van der Waals surface area contributed by atoms with Gasteiger partial charge in [0.05, 0.1) is 13.2 Å². The minimum atomic E-state index is -0.307. The first-order valence-electron chi connectivity index (χ1n) is 12.6. The van der Waals surface area contributed by atoms with Crippen molar-refractivity contribution in [1.29, 1.82) is 0 Å². The van der Waals surface area contributed by atoms with E-state index >= 15 is 0 Å². The number of unbranched alkanes of at least 4 members (excludes halogenated alkanes) is 14. The molecule has 0 N–H and O–H groups in total. The van der Waals surface area contributed by atoms with Gasteiger partial charge in [-0.1, -0.05) is 117 Å². The summed E-state index contributed by atoms with van der Waals surface area (Å²) in [6.45, 7) is 14.1. The first kappa shape index (κ1) is 31.6. The van der Waals surface area contributed by atoms with Crippen LogP contribution in [0.4, 0.5) is 0 Å². The zero-order chi connectivity index (χ0) is 23.6. The van der Waals surface area contributed by atoms with Crippen LogP contribution in [-0.4, -0.2) is 25.2 Å². The second-order valence-corrected chi connectivity index (χ2v) is 8.24. The van der Waals surface area contributed by atoms with Crippen molar-refractivity contribution in [1.82, 2.24) is 0 Å². The van der Waals surface area contributed by atoms with Gasteiger partial charge in [-0.15, -0.1) is 0 Å². The normalized spacial score (nSPS) is 10.0. The summed E-state index contributed by atoms with van der Waals surface area (Å²) >= 11 is 0. The third kappa shape index (κ3) is 28.4. The Balaban J connectivity index is 0. The molecule has 0 heterocycles. The molecule has 0 radical (unpaired) electrons. The Morgan fingerprint density at radius 1 is 0.645 bits per heavy atom. The van der Waals surface area contributed by atoms with Crippen molar-refractivity contribution in [3.63, 3.8) is 0 Å². The number of carbonyl (C=O) groups is 2. The fourth-order valence-electron chi connectivity index (χ4n) is 2.99. The number of hydrogen-bond acceptors (Lipinski definition) is 4. The quantitative estimate of drug-likeness (QED) is 0.109. The van der Waals surface area contributed by atoms with E-state index in [0.717, 1.165) is 25.7 Å². The number of carbonyl (C=O) groups excluding carboxylic acids is 2. The predicted molar refractivity (Wildman–Crippen MR) is 132 cm³/mol. The van der Waals surface area contributed by atoms with Crippen LogP contribution in [-0.2, 0) is 19.1 Å². The third-order valence-corrected chi connectivity index (χ3v) is 4.99. The summed E-state index contributed by atoms with van der Waals surface area (Å²) < 4.78 is 9.89. The van der Waals surface area contributed by atoms with Crippen LogP contribution in [0.15, 0.2) is 24.8 Å². The van der Waals surface area contributed by atoms with Gasteiger partial charge in [0.25, 0.3) is 0 Å². The highest BCUT2D eigenvalue weighted by atomic mass is 16.5. The van der Waals surface area contributed by atoms with Crippen molar-refractivity contribution in [2.24, 2.45) is 0 Å². The second kappa shape index (κ2) is 26.5. The van der Waals surface area contributed by atoms with Crippen LogP contribution >= 0.6 is 0 Å². The van der Waals surface area contributed by atoms with Gasteiger partial charge in [-0.05, 0) is 19.8 Å². The fraction of sp³-hybridized carbons (Fsp3) is 0.778. The lowest BCUT2D eigenvalue weighted by Gasteiger charge is -2.04. The first-order valence-corrected chi connectivity index (χ1v) is 12.6. The summed E-state index contributed by atoms with van der Waals surface area (Å²) in [6.07, 6.45) is 21.4. The largest absolute Gasteiger partial charge is 0.463 e. The average molecular weight is 439 g/mol. The Labute approximate surface area is 192 Å². The SMILES string of the molecule is C=C(C)C(=O)OCCCCCCCCCC.C=CC(=O)OCCCCCCCCCC. The Bertz CT molecular complexity index is 443. The molecule has 0 aromatic heterocycles. The summed E-state index contributed by atoms with van der Waals surface area (Å²) in [4.78, 5) is 21.7. The van der Waals surface area contributed by atoms with Gasteiger partial charge in [-0.25, -0.2) is 9.59 Å². The Morgan fingerprint density at radius 3 is 1.35 bits per heavy atom. The molecule has 0 rings (SSSR count). The van der Waals surface area contributed by atoms with Crippen molar-refractivity contribution in [2.45, 2.75) is 124 Å². The first-order chi connectivity index (χ1) is 15.0. The number of hydrogen-bond donors (Lipinski definition) is 0. The highest BCUT2D eigenvalue weighted by Gasteiger charge is 2.01. The highest BCUT2D eigenvalue weighted by molar-refractivity contribution is 5.86. The maximum Gasteiger partial charge on any atom is 0.333 e. The van der Waals surface area contributed by atoms with E-state index in [2.05, 4.69) is 27.0 Å². The van der Waals surface area contributed by atoms with Crippen LogP contribution in [0.3, 0.4) is 0 Å². The van der Waals surface area contributed by atoms with E-state index < -0.39 is 0 Å². The topological polar surface area (TPSA) is 52.6 Å². The molecule has 4 heteroatoms. The third-order valence-electron chi connectivity index (χ3n) is 4.99. The van der Waals surface area contributed by atoms with Crippen molar-refractivity contribution in [3.05, 3.63) is 24.8 Å². The van der Waals surface area contributed by atoms with Crippen LogP contribution in [0, 0.1) is 0 Å². The molecule has 0 spiro atoms. The van der Waals surface area contributed by atoms with Crippen LogP contribution in [0.1, 0.15) is 124 Å². The minimum absolute atomic E-state index is 0.261. The summed E-state index contributed by atoms with van der Waals surface area (Å²) in [5.74, 6) is -0.569. The maximum absolute atomic E-state index is 11.0. The molecule has 0 aliphatic rings. The highest BCUT2D eigenvalue weighted by Crippen LogP contribution is 2.09. The van der Waals surface area contributed by atoms with Crippen molar-refractivity contribution in [2.75, 3.05) is 13.2 Å². The van der Waals surface area contributed by atoms with E-state index in [1.54, 1.807) is 6.92 Å². The summed E-state index contributed by atoms with van der Waals surface area (Å²) in [5, 5.41) is 0. The van der Waals surface area contributed by atoms with Crippen LogP contribution in [0.2, 0.25) is 0 Å². The zero-order valence-electron chi connectivity index (χ0n) is 20.9. The van der Waals surface area contributed by atoms with Crippen molar-refractivity contribution >= 4 is 11.9 Å². The summed E-state index contributed by atoms with van der Waals surface area (Å²) in [6, 6.07) is 0. The summed E-state index contributed by atoms with van der Waals surface area (Å²) in [7, 11) is 0. The zero-order valence-corrected chi connectivity index (χ0v) is 20.9. The molecule has 4 nitrogen and oxygen atoms in total. The predicted octanol–water partition coefficient (Wildman–Crippen LogP) is 8.10. The van der Waals surface area contributed by atoms with Gasteiger partial charge in [0, 0.05) is 11.6 Å². The smallest absolute Gasteiger partial charge is 0.333 e. The molecule has 0 atom stereocenters. The van der Waals surface area contributed by atoms with Crippen LogP contribution in [0.5, 0.6) is 0 Å². The Kier molecular flexibility index (Phi) is 27.0. The van der Waals surface area contributed by atoms with Crippen molar-refractivity contribution < 1.29 is 19.1 Å². The fourth-order valence-corrected chi connectivity index (χ4v) is 2.99. The molecule has 182 valence electrons. The Hall–Kier alpha value is -1.58. The lowest BCUT2D eigenvalue weighted by Crippen LogP contribution is -2.05. The standard InChI is InChI=1S/C14H26O2.C13H24O2/c1-4-5-6-7-8-9-10-11-12-16-14(15)13(2)3;1-3-5-6-7-8-9-10-11-12-15-13(14)4-2/h2,4-12H2,1,3H3;4H,2-3,5-12H2,1H3. The van der Waals surface area contributed by atoms with E-state index in [1.807, 2.05) is 0 Å². The number of esters is 2. The Morgan fingerprint density at radius 2 is 1.00 bits per heavy atom. The molecule has 0 bridgehead atoms. The van der Waals surface area contributed by atoms with Gasteiger partial charge in [0.2, 0.25) is 0 Å². The molecule has 0 saturated heterocycles. The van der Waals surface area contributed by atoms with Crippen LogP contribution in [0.25, 0.3) is 0 Å². The number of ether oxygens (including phenoxy) is 2. The molecule has 0 aliphatic heterocycles. The molecular weight excluding hydrogens is 388 g/mol. The van der Waals surface area contributed by atoms with E-state index in [9.17, 15) is 9.59 Å². The molecule has 0 unspecified atom stereocenters. The lowest BCUT2D eigenvalue weighted by molar-refractivity contribution is -0.139. The monoisotopic (exact) mass is 438 g/mol.